The molecular formula is C3H3Cl3Si. The summed E-state index contributed by atoms with van der Waals surface area (Å²) in [6.07, 6.45) is 2.89. The Labute approximate surface area is 57.2 Å². The largest absolute Gasteiger partial charge is 0.368 e. The van der Waals surface area contributed by atoms with Gasteiger partial charge in [0.05, 0.1) is 0 Å². The van der Waals surface area contributed by atoms with Crippen LogP contribution in [0.25, 0.3) is 0 Å². The van der Waals surface area contributed by atoms with Crippen LogP contribution < -0.4 is 0 Å². The van der Waals surface area contributed by atoms with Crippen LogP contribution in [0.4, 0.5) is 0 Å². The summed E-state index contributed by atoms with van der Waals surface area (Å²) < 4.78 is 0. The lowest BCUT2D eigenvalue weighted by Gasteiger charge is -1.97. The molecule has 1 aliphatic rings. The minimum absolute atomic E-state index is 0.933. The normalized spacial score (nSPS) is 19.0. The summed E-state index contributed by atoms with van der Waals surface area (Å²) in [5.74, 6) is 0. The Hall–Kier alpha value is 0.827. The average Bonchev–Trinajstić information content (AvgIpc) is 1.99. The lowest BCUT2D eigenvalue weighted by atomic mass is 10.9. The van der Waals surface area contributed by atoms with E-state index in [0.717, 1.165) is 11.6 Å². The van der Waals surface area contributed by atoms with E-state index in [-0.39, 0.29) is 0 Å². The fraction of sp³-hybridized carbons (Fsp3) is 0.333. The first-order chi connectivity index (χ1) is 3.11. The van der Waals surface area contributed by atoms with Gasteiger partial charge in [0.1, 0.15) is 0 Å². The molecular weight excluding hydrogens is 170 g/mol. The SMILES string of the molecule is Cl[Si](Cl)(Cl)C1=CC1. The molecule has 0 atom stereocenters. The van der Waals surface area contributed by atoms with Crippen LogP contribution in [0.15, 0.2) is 11.3 Å². The second-order valence-corrected chi connectivity index (χ2v) is 9.91. The Morgan fingerprint density at radius 2 is 1.86 bits per heavy atom. The van der Waals surface area contributed by atoms with E-state index in [2.05, 4.69) is 0 Å². The maximum atomic E-state index is 5.53. The maximum Gasteiger partial charge on any atom is 0.368 e. The number of rotatable bonds is 1. The maximum absolute atomic E-state index is 5.53. The Balaban J connectivity index is 2.53. The molecule has 0 heterocycles. The van der Waals surface area contributed by atoms with E-state index in [9.17, 15) is 0 Å². The van der Waals surface area contributed by atoms with Crippen LogP contribution in [-0.4, -0.2) is 6.00 Å². The van der Waals surface area contributed by atoms with Crippen molar-refractivity contribution in [2.24, 2.45) is 0 Å². The zero-order valence-corrected chi connectivity index (χ0v) is 6.69. The van der Waals surface area contributed by atoms with Crippen LogP contribution >= 0.6 is 33.2 Å². The van der Waals surface area contributed by atoms with Crippen LogP contribution in [0.5, 0.6) is 0 Å². The molecule has 0 radical (unpaired) electrons. The van der Waals surface area contributed by atoms with Gasteiger partial charge in [-0.1, -0.05) is 6.08 Å². The number of hydrogen-bond donors (Lipinski definition) is 0. The van der Waals surface area contributed by atoms with Crippen molar-refractivity contribution in [1.82, 2.24) is 0 Å². The van der Waals surface area contributed by atoms with Crippen molar-refractivity contribution in [3.63, 3.8) is 0 Å². The van der Waals surface area contributed by atoms with Crippen LogP contribution in [0.1, 0.15) is 6.42 Å². The van der Waals surface area contributed by atoms with E-state index in [4.69, 9.17) is 33.2 Å². The van der Waals surface area contributed by atoms with Crippen molar-refractivity contribution in [3.8, 4) is 0 Å². The van der Waals surface area contributed by atoms with Gasteiger partial charge in [-0.3, -0.25) is 0 Å². The molecule has 0 bridgehead atoms. The topological polar surface area (TPSA) is 0 Å². The smallest absolute Gasteiger partial charge is 0.121 e. The molecule has 0 saturated heterocycles. The van der Waals surface area contributed by atoms with Crippen molar-refractivity contribution in [3.05, 3.63) is 11.3 Å². The molecule has 0 saturated carbocycles. The minimum atomic E-state index is -2.35. The summed E-state index contributed by atoms with van der Waals surface area (Å²) in [6, 6.07) is -2.35. The quantitative estimate of drug-likeness (QED) is 0.422. The molecule has 7 heavy (non-hydrogen) atoms. The predicted molar refractivity (Wildman–Crippen MR) is 36.0 cm³/mol. The first kappa shape index (κ1) is 5.95. The number of allylic oxidation sites excluding steroid dienone is 2. The van der Waals surface area contributed by atoms with Crippen molar-refractivity contribution < 1.29 is 0 Å². The number of hydrogen-bond acceptors (Lipinski definition) is 0. The van der Waals surface area contributed by atoms with E-state index in [0.29, 0.717) is 0 Å². The molecule has 0 fully saturated rings. The third kappa shape index (κ3) is 1.65. The summed E-state index contributed by atoms with van der Waals surface area (Å²) in [6.45, 7) is 0. The zero-order valence-electron chi connectivity index (χ0n) is 3.42. The highest BCUT2D eigenvalue weighted by Gasteiger charge is 2.35. The molecule has 0 amide bonds. The second kappa shape index (κ2) is 1.66. The van der Waals surface area contributed by atoms with E-state index in [1.54, 1.807) is 0 Å². The first-order valence-corrected chi connectivity index (χ1v) is 6.90. The summed E-state index contributed by atoms with van der Waals surface area (Å²) in [7, 11) is 0. The van der Waals surface area contributed by atoms with Gasteiger partial charge in [0.25, 0.3) is 0 Å². The van der Waals surface area contributed by atoms with Crippen molar-refractivity contribution >= 4 is 39.2 Å². The van der Waals surface area contributed by atoms with E-state index >= 15 is 0 Å². The Bertz CT molecular complexity index is 112. The van der Waals surface area contributed by atoms with Crippen molar-refractivity contribution in [2.75, 3.05) is 0 Å². The Morgan fingerprint density at radius 1 is 1.43 bits per heavy atom. The highest BCUT2D eigenvalue weighted by molar-refractivity contribution is 7.67. The summed E-state index contributed by atoms with van der Waals surface area (Å²) in [5.41, 5.74) is 0. The van der Waals surface area contributed by atoms with Crippen LogP contribution in [-0.2, 0) is 0 Å². The molecule has 0 nitrogen and oxygen atoms in total. The van der Waals surface area contributed by atoms with Gasteiger partial charge < -0.3 is 0 Å². The second-order valence-electron chi connectivity index (χ2n) is 1.43. The van der Waals surface area contributed by atoms with Gasteiger partial charge >= 0.3 is 6.00 Å². The monoisotopic (exact) mass is 172 g/mol. The average molecular weight is 174 g/mol. The van der Waals surface area contributed by atoms with E-state index in [1.807, 2.05) is 6.08 Å². The van der Waals surface area contributed by atoms with Gasteiger partial charge in [-0.05, 0) is 11.6 Å². The lowest BCUT2D eigenvalue weighted by molar-refractivity contribution is 1.66. The Kier molecular flexibility index (Phi) is 1.41. The summed E-state index contributed by atoms with van der Waals surface area (Å²) in [4.78, 5) is 0. The van der Waals surface area contributed by atoms with Crippen LogP contribution in [0.2, 0.25) is 0 Å². The zero-order chi connectivity index (χ0) is 5.49. The van der Waals surface area contributed by atoms with Crippen LogP contribution in [0, 0.1) is 0 Å². The summed E-state index contributed by atoms with van der Waals surface area (Å²) in [5, 5.41) is 1.05. The Morgan fingerprint density at radius 3 is 1.86 bits per heavy atom. The molecule has 1 aliphatic carbocycles. The van der Waals surface area contributed by atoms with E-state index in [1.165, 1.54) is 0 Å². The van der Waals surface area contributed by atoms with Crippen molar-refractivity contribution in [2.45, 2.75) is 6.42 Å². The molecule has 0 aromatic heterocycles. The molecule has 40 valence electrons. The first-order valence-electron chi connectivity index (χ1n) is 1.87. The third-order valence-corrected chi connectivity index (χ3v) is 4.09. The predicted octanol–water partition coefficient (Wildman–Crippen LogP) is 2.51. The van der Waals surface area contributed by atoms with Gasteiger partial charge in [0.2, 0.25) is 0 Å². The van der Waals surface area contributed by atoms with Gasteiger partial charge in [0, 0.05) is 0 Å². The molecule has 0 aromatic rings. The van der Waals surface area contributed by atoms with Crippen molar-refractivity contribution in [1.29, 1.82) is 0 Å². The standard InChI is InChI=1S/C3H3Cl3Si/c4-7(5,6)3-1-2-3/h1H,2H2. The lowest BCUT2D eigenvalue weighted by Crippen LogP contribution is -2.05. The number of halogens is 3. The van der Waals surface area contributed by atoms with Gasteiger partial charge in [-0.2, -0.15) is 0 Å². The molecule has 4 heteroatoms. The summed E-state index contributed by atoms with van der Waals surface area (Å²) >= 11 is 16.6. The highest BCUT2D eigenvalue weighted by atomic mass is 35.8. The minimum Gasteiger partial charge on any atom is -0.121 e. The van der Waals surface area contributed by atoms with Gasteiger partial charge in [0.15, 0.2) is 0 Å². The van der Waals surface area contributed by atoms with E-state index < -0.39 is 6.00 Å². The molecule has 0 aliphatic heterocycles. The fourth-order valence-electron chi connectivity index (χ4n) is 0.282. The highest BCUT2D eigenvalue weighted by Crippen LogP contribution is 2.38. The van der Waals surface area contributed by atoms with Crippen LogP contribution in [0.3, 0.4) is 0 Å². The third-order valence-electron chi connectivity index (χ3n) is 0.772. The van der Waals surface area contributed by atoms with Gasteiger partial charge in [-0.15, -0.1) is 33.2 Å². The molecule has 1 rings (SSSR count). The molecule has 0 aromatic carbocycles. The molecule has 0 N–H and O–H groups in total. The van der Waals surface area contributed by atoms with Gasteiger partial charge in [-0.25, -0.2) is 0 Å². The molecule has 0 spiro atoms. The fourth-order valence-corrected chi connectivity index (χ4v) is 2.24. The molecule has 0 unspecified atom stereocenters.